The molecule has 0 bridgehead atoms. The molecule has 1 aliphatic rings. The van der Waals surface area contributed by atoms with E-state index in [1.165, 1.54) is 0 Å². The molecule has 0 saturated carbocycles. The number of halogens is 2. The number of fused-ring (bicyclic) bond motifs is 4. The zero-order chi connectivity index (χ0) is 18.0. The van der Waals surface area contributed by atoms with Crippen LogP contribution < -0.4 is 0 Å². The molecule has 0 atom stereocenters. The number of carbonyl (C=O) groups excluding carboxylic acids is 2. The summed E-state index contributed by atoms with van der Waals surface area (Å²) in [5.74, 6) is -0.192. The van der Waals surface area contributed by atoms with Crippen molar-refractivity contribution in [1.29, 1.82) is 0 Å². The second-order valence-corrected chi connectivity index (χ2v) is 8.12. The normalized spacial score (nSPS) is 13.2. The van der Waals surface area contributed by atoms with Gasteiger partial charge in [-0.1, -0.05) is 24.3 Å². The summed E-state index contributed by atoms with van der Waals surface area (Å²) >= 11 is 6.99. The number of benzene rings is 4. The van der Waals surface area contributed by atoms with Crippen molar-refractivity contribution in [2.24, 2.45) is 0 Å². The molecule has 0 heterocycles. The summed E-state index contributed by atoms with van der Waals surface area (Å²) in [4.78, 5) is 26.2. The lowest BCUT2D eigenvalue weighted by atomic mass is 9.81. The number of hydrogen-bond acceptors (Lipinski definition) is 2. The van der Waals surface area contributed by atoms with Gasteiger partial charge < -0.3 is 0 Å². The summed E-state index contributed by atoms with van der Waals surface area (Å²) < 4.78 is 1.82. The predicted molar refractivity (Wildman–Crippen MR) is 110 cm³/mol. The number of hydrogen-bond donors (Lipinski definition) is 0. The van der Waals surface area contributed by atoms with E-state index in [4.69, 9.17) is 0 Å². The van der Waals surface area contributed by atoms with Crippen molar-refractivity contribution in [2.45, 2.75) is 0 Å². The number of carbonyl (C=O) groups is 2. The molecule has 5 rings (SSSR count). The van der Waals surface area contributed by atoms with Gasteiger partial charge in [-0.3, -0.25) is 9.59 Å². The Kier molecular flexibility index (Phi) is 3.43. The van der Waals surface area contributed by atoms with Crippen LogP contribution in [0.4, 0.5) is 0 Å². The topological polar surface area (TPSA) is 34.1 Å². The van der Waals surface area contributed by atoms with Gasteiger partial charge in [-0.2, -0.15) is 0 Å². The largest absolute Gasteiger partial charge is 0.289 e. The van der Waals surface area contributed by atoms with Gasteiger partial charge in [0.2, 0.25) is 0 Å². The van der Waals surface area contributed by atoms with Crippen molar-refractivity contribution in [3.8, 4) is 0 Å². The maximum absolute atomic E-state index is 13.1. The molecule has 2 nitrogen and oxygen atoms in total. The Morgan fingerprint density at radius 2 is 0.846 bits per heavy atom. The van der Waals surface area contributed by atoms with Crippen molar-refractivity contribution in [2.75, 3.05) is 0 Å². The predicted octanol–water partition coefficient (Wildman–Crippen LogP) is 6.29. The van der Waals surface area contributed by atoms with Gasteiger partial charge >= 0.3 is 0 Å². The van der Waals surface area contributed by atoms with E-state index in [0.29, 0.717) is 22.3 Å². The zero-order valence-corrected chi connectivity index (χ0v) is 16.5. The van der Waals surface area contributed by atoms with Gasteiger partial charge in [-0.25, -0.2) is 0 Å². The third-order valence-corrected chi connectivity index (χ3v) is 6.72. The third-order valence-electron chi connectivity index (χ3n) is 4.88. The molecule has 1 aliphatic carbocycles. The molecule has 4 heteroatoms. The first-order valence-corrected chi connectivity index (χ1v) is 9.66. The molecule has 0 radical (unpaired) electrons. The SMILES string of the molecule is O=C1c2cc3ccccc3cc2C(=O)c2cc3cc(Br)c(Br)cc3cc21. The Bertz CT molecular complexity index is 1190. The summed E-state index contributed by atoms with van der Waals surface area (Å²) in [6, 6.07) is 19.0. The summed E-state index contributed by atoms with van der Waals surface area (Å²) in [6.45, 7) is 0. The fourth-order valence-electron chi connectivity index (χ4n) is 3.58. The van der Waals surface area contributed by atoms with E-state index in [9.17, 15) is 9.59 Å². The van der Waals surface area contributed by atoms with Crippen LogP contribution in [-0.2, 0) is 0 Å². The Morgan fingerprint density at radius 3 is 1.23 bits per heavy atom. The zero-order valence-electron chi connectivity index (χ0n) is 13.3. The molecular formula is C22H10Br2O2. The minimum Gasteiger partial charge on any atom is -0.289 e. The second-order valence-electron chi connectivity index (χ2n) is 6.41. The van der Waals surface area contributed by atoms with Crippen LogP contribution >= 0.6 is 31.9 Å². The van der Waals surface area contributed by atoms with E-state index in [0.717, 1.165) is 30.5 Å². The average molecular weight is 466 g/mol. The smallest absolute Gasteiger partial charge is 0.194 e. The highest BCUT2D eigenvalue weighted by Gasteiger charge is 2.30. The van der Waals surface area contributed by atoms with E-state index >= 15 is 0 Å². The molecule has 0 aromatic heterocycles. The van der Waals surface area contributed by atoms with Crippen LogP contribution in [0.25, 0.3) is 21.5 Å². The van der Waals surface area contributed by atoms with Gasteiger partial charge in [0.1, 0.15) is 0 Å². The first kappa shape index (κ1) is 15.9. The lowest BCUT2D eigenvalue weighted by Crippen LogP contribution is -2.20. The van der Waals surface area contributed by atoms with Crippen molar-refractivity contribution >= 4 is 65.0 Å². The highest BCUT2D eigenvalue weighted by atomic mass is 79.9. The summed E-state index contributed by atoms with van der Waals surface area (Å²) in [5.41, 5.74) is 1.91. The van der Waals surface area contributed by atoms with Gasteiger partial charge in [0.05, 0.1) is 0 Å². The molecule has 124 valence electrons. The molecule has 0 aliphatic heterocycles. The standard InChI is InChI=1S/C22H10Br2O2/c23-19-9-13-7-17-18(8-14(13)10-20(19)24)22(26)16-6-12-4-2-1-3-11(12)5-15(16)21(17)25/h1-10H. The van der Waals surface area contributed by atoms with Crippen LogP contribution in [0.5, 0.6) is 0 Å². The van der Waals surface area contributed by atoms with E-state index in [1.807, 2.05) is 60.7 Å². The number of ketones is 2. The van der Waals surface area contributed by atoms with Crippen molar-refractivity contribution < 1.29 is 9.59 Å². The van der Waals surface area contributed by atoms with Gasteiger partial charge in [0.25, 0.3) is 0 Å². The van der Waals surface area contributed by atoms with E-state index in [-0.39, 0.29) is 11.6 Å². The molecule has 0 fully saturated rings. The van der Waals surface area contributed by atoms with Gasteiger partial charge in [-0.15, -0.1) is 0 Å². The maximum atomic E-state index is 13.1. The monoisotopic (exact) mass is 464 g/mol. The van der Waals surface area contributed by atoms with E-state index in [1.54, 1.807) is 0 Å². The highest BCUT2D eigenvalue weighted by molar-refractivity contribution is 9.13. The Morgan fingerprint density at radius 1 is 0.500 bits per heavy atom. The molecule has 0 unspecified atom stereocenters. The third kappa shape index (κ3) is 2.22. The minimum atomic E-state index is -0.0960. The molecule has 4 aromatic rings. The Hall–Kier alpha value is -2.30. The van der Waals surface area contributed by atoms with Crippen molar-refractivity contribution in [3.63, 3.8) is 0 Å². The van der Waals surface area contributed by atoms with Crippen LogP contribution in [0.3, 0.4) is 0 Å². The molecule has 0 saturated heterocycles. The van der Waals surface area contributed by atoms with Crippen molar-refractivity contribution in [1.82, 2.24) is 0 Å². The highest BCUT2D eigenvalue weighted by Crippen LogP contribution is 2.35. The lowest BCUT2D eigenvalue weighted by Gasteiger charge is -2.19. The first-order chi connectivity index (χ1) is 12.5. The van der Waals surface area contributed by atoms with Crippen LogP contribution in [0.1, 0.15) is 31.8 Å². The van der Waals surface area contributed by atoms with Crippen LogP contribution in [0.2, 0.25) is 0 Å². The molecular weight excluding hydrogens is 456 g/mol. The molecule has 0 amide bonds. The quantitative estimate of drug-likeness (QED) is 0.269. The summed E-state index contributed by atoms with van der Waals surface area (Å²) in [7, 11) is 0. The van der Waals surface area contributed by atoms with Crippen molar-refractivity contribution in [3.05, 3.63) is 91.9 Å². The Labute approximate surface area is 166 Å². The minimum absolute atomic E-state index is 0.0960. The lowest BCUT2D eigenvalue weighted by molar-refractivity contribution is 0.0979. The number of rotatable bonds is 0. The van der Waals surface area contributed by atoms with Crippen LogP contribution in [0.15, 0.2) is 69.6 Å². The Balaban J connectivity index is 1.82. The average Bonchev–Trinajstić information content (AvgIpc) is 2.65. The molecule has 4 aromatic carbocycles. The van der Waals surface area contributed by atoms with Gasteiger partial charge in [0.15, 0.2) is 11.6 Å². The molecule has 26 heavy (non-hydrogen) atoms. The summed E-state index contributed by atoms with van der Waals surface area (Å²) in [5, 5.41) is 3.76. The fraction of sp³-hybridized carbons (Fsp3) is 0. The maximum Gasteiger partial charge on any atom is 0.194 e. The van der Waals surface area contributed by atoms with Gasteiger partial charge in [-0.05, 0) is 89.8 Å². The van der Waals surface area contributed by atoms with Crippen LogP contribution in [0, 0.1) is 0 Å². The summed E-state index contributed by atoms with van der Waals surface area (Å²) in [6.07, 6.45) is 0. The van der Waals surface area contributed by atoms with E-state index < -0.39 is 0 Å². The molecule has 0 N–H and O–H groups in total. The van der Waals surface area contributed by atoms with E-state index in [2.05, 4.69) is 31.9 Å². The second kappa shape index (κ2) is 5.60. The first-order valence-electron chi connectivity index (χ1n) is 8.08. The van der Waals surface area contributed by atoms with Gasteiger partial charge in [0, 0.05) is 31.2 Å². The molecule has 0 spiro atoms. The fourth-order valence-corrected chi connectivity index (χ4v) is 4.30. The van der Waals surface area contributed by atoms with Crippen LogP contribution in [-0.4, -0.2) is 11.6 Å².